The zero-order chi connectivity index (χ0) is 17.7. The molecule has 1 spiro atoms. The molecule has 28 heavy (non-hydrogen) atoms. The maximum Gasteiger partial charge on any atom is 0.312 e. The number of hydrogen-bond acceptors (Lipinski definition) is 5. The molecule has 3 atom stereocenters. The zero-order valence-corrected chi connectivity index (χ0v) is 19.7. The molecule has 0 unspecified atom stereocenters. The quantitative estimate of drug-likeness (QED) is 0.655. The Morgan fingerprint density at radius 3 is 2.54 bits per heavy atom. The van der Waals surface area contributed by atoms with Crippen LogP contribution in [0.1, 0.15) is 45.4 Å². The van der Waals surface area contributed by atoms with Crippen LogP contribution >= 0.6 is 40.5 Å². The van der Waals surface area contributed by atoms with Crippen LogP contribution < -0.4 is 0 Å². The minimum Gasteiger partial charge on any atom is -0.469 e. The van der Waals surface area contributed by atoms with Crippen molar-refractivity contribution < 1.29 is 24.1 Å². The number of carbonyl (C=O) groups is 1. The van der Waals surface area contributed by atoms with E-state index in [4.69, 9.17) is 14.2 Å². The third-order valence-electron chi connectivity index (χ3n) is 6.88. The van der Waals surface area contributed by atoms with E-state index in [0.717, 1.165) is 32.1 Å². The highest BCUT2D eigenvalue weighted by molar-refractivity contribution is 7.59. The van der Waals surface area contributed by atoms with Gasteiger partial charge in [0.2, 0.25) is 0 Å². The molecule has 0 aromatic rings. The van der Waals surface area contributed by atoms with E-state index >= 15 is 0 Å². The van der Waals surface area contributed by atoms with Crippen LogP contribution in [0.4, 0.5) is 0 Å². The zero-order valence-electron chi connectivity index (χ0n) is 16.7. The summed E-state index contributed by atoms with van der Waals surface area (Å²) >= 11 is 0. The molecule has 1 aliphatic heterocycles. The summed E-state index contributed by atoms with van der Waals surface area (Å²) in [6.07, 6.45) is 7.56. The van der Waals surface area contributed by atoms with Gasteiger partial charge in [-0.1, -0.05) is 11.6 Å². The van der Waals surface area contributed by atoms with Gasteiger partial charge in [0.15, 0.2) is 5.79 Å². The number of methoxy groups -OCH3 is 1. The van der Waals surface area contributed by atoms with Gasteiger partial charge >= 0.3 is 5.97 Å². The number of fused-ring (bicyclic) bond motifs is 2. The summed E-state index contributed by atoms with van der Waals surface area (Å²) in [6, 6.07) is 0. The van der Waals surface area contributed by atoms with Gasteiger partial charge in [-0.25, -0.2) is 0 Å². The summed E-state index contributed by atoms with van der Waals surface area (Å²) in [6.45, 7) is 3.34. The number of aliphatic hydroxyl groups excluding tert-OH is 1. The second-order valence-corrected chi connectivity index (χ2v) is 8.07. The topological polar surface area (TPSA) is 65.0 Å². The maximum absolute atomic E-state index is 12.4. The molecule has 3 aliphatic carbocycles. The average Bonchev–Trinajstić information content (AvgIpc) is 3.08. The van der Waals surface area contributed by atoms with Crippen molar-refractivity contribution in [1.29, 1.82) is 0 Å². The number of esters is 1. The highest BCUT2D eigenvalue weighted by Gasteiger charge is 2.51. The molecule has 1 saturated heterocycles. The summed E-state index contributed by atoms with van der Waals surface area (Å²) in [4.78, 5) is 12.4. The van der Waals surface area contributed by atoms with Gasteiger partial charge in [0.05, 0.1) is 25.7 Å². The predicted octanol–water partition coefficient (Wildman–Crippen LogP) is 3.08. The Labute approximate surface area is 188 Å². The Kier molecular flexibility index (Phi) is 9.06. The molecule has 1 heterocycles. The Morgan fingerprint density at radius 1 is 1.25 bits per heavy atom. The third kappa shape index (κ3) is 4.05. The molecular weight excluding hydrogens is 416 g/mol. The molecule has 1 N–H and O–H groups in total. The fraction of sp³-hybridized carbons (Fsp3) is 0.750. The smallest absolute Gasteiger partial charge is 0.312 e. The summed E-state index contributed by atoms with van der Waals surface area (Å²) in [5.41, 5.74) is 3.61. The van der Waals surface area contributed by atoms with Crippen LogP contribution in [0.5, 0.6) is 0 Å². The van der Waals surface area contributed by atoms with Crippen molar-refractivity contribution in [3.8, 4) is 0 Å². The number of allylic oxidation sites excluding steroid dienone is 3. The number of carbonyl (C=O) groups excluding carboxylic acids is 1. The van der Waals surface area contributed by atoms with Gasteiger partial charge < -0.3 is 19.3 Å². The van der Waals surface area contributed by atoms with Gasteiger partial charge in [-0.3, -0.25) is 4.79 Å². The molecule has 0 saturated carbocycles. The number of aliphatic hydroxyl groups is 1. The van der Waals surface area contributed by atoms with E-state index in [1.165, 1.54) is 23.8 Å². The average molecular weight is 451 g/mol. The Balaban J connectivity index is 0.00000131. The monoisotopic (exact) mass is 450 g/mol. The van der Waals surface area contributed by atoms with E-state index in [-0.39, 0.29) is 64.9 Å². The lowest BCUT2D eigenvalue weighted by atomic mass is 9.57. The summed E-state index contributed by atoms with van der Waals surface area (Å²) in [7, 11) is 1.44. The van der Waals surface area contributed by atoms with E-state index in [9.17, 15) is 9.90 Å². The van der Waals surface area contributed by atoms with E-state index in [0.29, 0.717) is 19.6 Å². The molecule has 0 aromatic carbocycles. The third-order valence-corrected chi connectivity index (χ3v) is 6.88. The Hall–Kier alpha value is -0.120. The van der Waals surface area contributed by atoms with Gasteiger partial charge in [-0.2, -0.15) is 40.5 Å². The van der Waals surface area contributed by atoms with Crippen molar-refractivity contribution in [1.82, 2.24) is 0 Å². The summed E-state index contributed by atoms with van der Waals surface area (Å²) < 4.78 is 16.9. The van der Waals surface area contributed by atoms with Crippen LogP contribution in [-0.2, 0) is 19.0 Å². The molecule has 0 aromatic heterocycles. The van der Waals surface area contributed by atoms with Gasteiger partial charge in [0.25, 0.3) is 0 Å². The van der Waals surface area contributed by atoms with Crippen molar-refractivity contribution in [2.75, 3.05) is 26.9 Å². The molecular formula is C20H34O5S3. The number of rotatable bonds is 2. The SMILES string of the molecule is COC(=O)[C@@]1(C)CC=C2C3=C(CC[C@H]2[C@@H]1CO)CC1(CC3)OCCO1.S.S.S. The van der Waals surface area contributed by atoms with Crippen molar-refractivity contribution in [2.24, 2.45) is 17.3 Å². The minimum atomic E-state index is -0.636. The predicted molar refractivity (Wildman–Crippen MR) is 123 cm³/mol. The first kappa shape index (κ1) is 25.9. The van der Waals surface area contributed by atoms with Gasteiger partial charge in [-0.15, -0.1) is 0 Å². The largest absolute Gasteiger partial charge is 0.469 e. The highest BCUT2D eigenvalue weighted by Crippen LogP contribution is 2.54. The van der Waals surface area contributed by atoms with Crippen LogP contribution in [0.3, 0.4) is 0 Å². The maximum atomic E-state index is 12.4. The molecule has 162 valence electrons. The summed E-state index contributed by atoms with van der Waals surface area (Å²) in [5.74, 6) is -0.445. The first-order valence-corrected chi connectivity index (χ1v) is 9.41. The molecule has 4 rings (SSSR count). The fourth-order valence-electron chi connectivity index (χ4n) is 5.46. The fourth-order valence-corrected chi connectivity index (χ4v) is 5.46. The first-order chi connectivity index (χ1) is 12.0. The molecule has 0 amide bonds. The lowest BCUT2D eigenvalue weighted by molar-refractivity contribution is -0.164. The second kappa shape index (κ2) is 9.79. The minimum absolute atomic E-state index is 0. The Morgan fingerprint density at radius 2 is 1.93 bits per heavy atom. The van der Waals surface area contributed by atoms with Crippen molar-refractivity contribution >= 4 is 46.5 Å². The lowest BCUT2D eigenvalue weighted by Crippen LogP contribution is -2.47. The van der Waals surface area contributed by atoms with E-state index in [1.807, 2.05) is 6.92 Å². The van der Waals surface area contributed by atoms with Gasteiger partial charge in [-0.05, 0) is 49.7 Å². The molecule has 0 bridgehead atoms. The van der Waals surface area contributed by atoms with Crippen molar-refractivity contribution in [2.45, 2.75) is 51.2 Å². The summed E-state index contributed by atoms with van der Waals surface area (Å²) in [5, 5.41) is 10.1. The molecule has 1 fully saturated rings. The van der Waals surface area contributed by atoms with Crippen molar-refractivity contribution in [3.63, 3.8) is 0 Å². The van der Waals surface area contributed by atoms with Crippen molar-refractivity contribution in [3.05, 3.63) is 22.8 Å². The highest BCUT2D eigenvalue weighted by atomic mass is 32.1. The van der Waals surface area contributed by atoms with Crippen LogP contribution in [0.2, 0.25) is 0 Å². The number of hydrogen-bond donors (Lipinski definition) is 1. The van der Waals surface area contributed by atoms with Crippen LogP contribution in [0.15, 0.2) is 22.8 Å². The molecule has 0 radical (unpaired) electrons. The molecule has 8 heteroatoms. The van der Waals surface area contributed by atoms with Crippen LogP contribution in [-0.4, -0.2) is 43.8 Å². The first-order valence-electron chi connectivity index (χ1n) is 9.41. The van der Waals surface area contributed by atoms with Crippen LogP contribution in [0.25, 0.3) is 0 Å². The van der Waals surface area contributed by atoms with E-state index < -0.39 is 11.2 Å². The lowest BCUT2D eigenvalue weighted by Gasteiger charge is -2.48. The number of ether oxygens (including phenoxy) is 3. The van der Waals surface area contributed by atoms with E-state index in [1.54, 1.807) is 0 Å². The van der Waals surface area contributed by atoms with E-state index in [2.05, 4.69) is 6.08 Å². The Bertz CT molecular complexity index is 642. The standard InChI is InChI=1S/C20H28O5.3H2S/c1-19(18(22)23-2)7-5-15-14-6-8-20(24-9-10-25-20)11-13(14)3-4-16(15)17(19)12-21;;;/h5,16-17,21H,3-4,6-12H2,1-2H3;3*1H2/t16-,17+,19+;;;/m1.../s1. The van der Waals surface area contributed by atoms with Gasteiger partial charge in [0, 0.05) is 25.4 Å². The van der Waals surface area contributed by atoms with Gasteiger partial charge in [0.1, 0.15) is 0 Å². The normalized spacial score (nSPS) is 32.8. The molecule has 5 nitrogen and oxygen atoms in total. The molecule has 4 aliphatic rings. The second-order valence-electron chi connectivity index (χ2n) is 8.07. The van der Waals surface area contributed by atoms with Crippen LogP contribution in [0, 0.1) is 17.3 Å².